The van der Waals surface area contributed by atoms with Gasteiger partial charge in [0, 0.05) is 37.8 Å². The van der Waals surface area contributed by atoms with E-state index < -0.39 is 0 Å². The number of hydrogen-bond donors (Lipinski definition) is 1. The van der Waals surface area contributed by atoms with E-state index in [1.165, 1.54) is 19.3 Å². The highest BCUT2D eigenvalue weighted by molar-refractivity contribution is 5.95. The van der Waals surface area contributed by atoms with Crippen LogP contribution in [0, 0.1) is 0 Å². The highest BCUT2D eigenvalue weighted by atomic mass is 16.5. The van der Waals surface area contributed by atoms with Crippen molar-refractivity contribution in [2.24, 2.45) is 0 Å². The van der Waals surface area contributed by atoms with Crippen molar-refractivity contribution in [3.05, 3.63) is 36.4 Å². The van der Waals surface area contributed by atoms with E-state index in [2.05, 4.69) is 11.9 Å². The number of benzene rings is 1. The van der Waals surface area contributed by atoms with Crippen LogP contribution in [-0.4, -0.2) is 67.7 Å². The van der Waals surface area contributed by atoms with Crippen LogP contribution >= 0.6 is 0 Å². The van der Waals surface area contributed by atoms with Crippen LogP contribution in [0.3, 0.4) is 0 Å². The maximum Gasteiger partial charge on any atom is 0.317 e. The van der Waals surface area contributed by atoms with Crippen LogP contribution < -0.4 is 14.8 Å². The summed E-state index contributed by atoms with van der Waals surface area (Å²) in [6, 6.07) is 5.47. The number of ether oxygens (including phenoxy) is 2. The van der Waals surface area contributed by atoms with E-state index in [-0.39, 0.29) is 11.9 Å². The van der Waals surface area contributed by atoms with Gasteiger partial charge in [0.1, 0.15) is 6.61 Å². The highest BCUT2D eigenvalue weighted by Crippen LogP contribution is 2.28. The van der Waals surface area contributed by atoms with E-state index >= 15 is 0 Å². The van der Waals surface area contributed by atoms with E-state index in [0.717, 1.165) is 12.8 Å². The molecule has 1 saturated heterocycles. The first-order valence-electron chi connectivity index (χ1n) is 10.4. The SMILES string of the molecule is C=CCOc1ccc(C(=O)N2CCN(C(=O)NC3CCCCC3)CC2)cc1OC. The van der Waals surface area contributed by atoms with Gasteiger partial charge in [0.15, 0.2) is 11.5 Å². The molecule has 29 heavy (non-hydrogen) atoms. The lowest BCUT2D eigenvalue weighted by atomic mass is 9.96. The van der Waals surface area contributed by atoms with E-state index in [1.54, 1.807) is 36.3 Å². The number of nitrogens with zero attached hydrogens (tertiary/aromatic N) is 2. The second-order valence-electron chi connectivity index (χ2n) is 7.53. The molecule has 7 heteroatoms. The average Bonchev–Trinajstić information content (AvgIpc) is 2.77. The van der Waals surface area contributed by atoms with Gasteiger partial charge >= 0.3 is 6.03 Å². The predicted molar refractivity (Wildman–Crippen MR) is 112 cm³/mol. The Morgan fingerprint density at radius 1 is 1.10 bits per heavy atom. The van der Waals surface area contributed by atoms with Gasteiger partial charge < -0.3 is 24.6 Å². The topological polar surface area (TPSA) is 71.1 Å². The van der Waals surface area contributed by atoms with Gasteiger partial charge in [-0.15, -0.1) is 0 Å². The van der Waals surface area contributed by atoms with Crippen molar-refractivity contribution in [1.29, 1.82) is 0 Å². The Balaban J connectivity index is 1.54. The van der Waals surface area contributed by atoms with E-state index in [9.17, 15) is 9.59 Å². The van der Waals surface area contributed by atoms with Gasteiger partial charge in [0.05, 0.1) is 7.11 Å². The summed E-state index contributed by atoms with van der Waals surface area (Å²) in [4.78, 5) is 29.0. The van der Waals surface area contributed by atoms with Crippen molar-refractivity contribution in [3.8, 4) is 11.5 Å². The van der Waals surface area contributed by atoms with Crippen LogP contribution in [0.4, 0.5) is 4.79 Å². The largest absolute Gasteiger partial charge is 0.493 e. The first-order valence-corrected chi connectivity index (χ1v) is 10.4. The molecule has 1 heterocycles. The third kappa shape index (κ3) is 5.43. The minimum Gasteiger partial charge on any atom is -0.493 e. The Morgan fingerprint density at radius 2 is 1.79 bits per heavy atom. The molecule has 158 valence electrons. The quantitative estimate of drug-likeness (QED) is 0.744. The van der Waals surface area contributed by atoms with Crippen LogP contribution in [0.2, 0.25) is 0 Å². The summed E-state index contributed by atoms with van der Waals surface area (Å²) < 4.78 is 10.9. The van der Waals surface area contributed by atoms with Crippen LogP contribution in [0.15, 0.2) is 30.9 Å². The number of amides is 3. The van der Waals surface area contributed by atoms with Crippen molar-refractivity contribution >= 4 is 11.9 Å². The van der Waals surface area contributed by atoms with Crippen LogP contribution in [-0.2, 0) is 0 Å². The second kappa shape index (κ2) is 10.2. The number of methoxy groups -OCH3 is 1. The smallest absolute Gasteiger partial charge is 0.317 e. The second-order valence-corrected chi connectivity index (χ2v) is 7.53. The summed E-state index contributed by atoms with van der Waals surface area (Å²) in [5.74, 6) is 1.03. The molecule has 1 aromatic carbocycles. The number of piperazine rings is 1. The van der Waals surface area contributed by atoms with Crippen molar-refractivity contribution in [1.82, 2.24) is 15.1 Å². The minimum atomic E-state index is -0.0640. The van der Waals surface area contributed by atoms with Gasteiger partial charge in [0.25, 0.3) is 5.91 Å². The molecular formula is C22H31N3O4. The van der Waals surface area contributed by atoms with Gasteiger partial charge in [0.2, 0.25) is 0 Å². The zero-order valence-electron chi connectivity index (χ0n) is 17.2. The molecule has 2 fully saturated rings. The lowest BCUT2D eigenvalue weighted by molar-refractivity contribution is 0.0662. The number of nitrogens with one attached hydrogen (secondary N) is 1. The zero-order chi connectivity index (χ0) is 20.6. The maximum atomic E-state index is 12.9. The summed E-state index contributed by atoms with van der Waals surface area (Å²) >= 11 is 0. The van der Waals surface area contributed by atoms with Gasteiger partial charge in [-0.25, -0.2) is 4.79 Å². The number of carbonyl (C=O) groups is 2. The zero-order valence-corrected chi connectivity index (χ0v) is 17.2. The Hall–Kier alpha value is -2.70. The summed E-state index contributed by atoms with van der Waals surface area (Å²) in [6.07, 6.45) is 7.43. The standard InChI is InChI=1S/C22H31N3O4/c1-3-15-29-19-10-9-17(16-20(19)28-2)21(26)24-11-13-25(14-12-24)22(27)23-18-7-5-4-6-8-18/h3,9-10,16,18H,1,4-8,11-15H2,2H3,(H,23,27). The monoisotopic (exact) mass is 401 g/mol. The summed E-state index contributed by atoms with van der Waals surface area (Å²) in [5.41, 5.74) is 0.549. The number of rotatable bonds is 6. The number of hydrogen-bond acceptors (Lipinski definition) is 4. The molecule has 3 rings (SSSR count). The molecule has 0 radical (unpaired) electrons. The molecule has 1 saturated carbocycles. The number of urea groups is 1. The molecule has 0 unspecified atom stereocenters. The molecule has 0 aromatic heterocycles. The van der Waals surface area contributed by atoms with Gasteiger partial charge in [-0.1, -0.05) is 31.9 Å². The van der Waals surface area contributed by atoms with Crippen molar-refractivity contribution in [2.45, 2.75) is 38.1 Å². The third-order valence-electron chi connectivity index (χ3n) is 5.55. The molecule has 1 N–H and O–H groups in total. The van der Waals surface area contributed by atoms with Crippen molar-refractivity contribution < 1.29 is 19.1 Å². The Bertz CT molecular complexity index is 723. The third-order valence-corrected chi connectivity index (χ3v) is 5.55. The molecule has 7 nitrogen and oxygen atoms in total. The first-order chi connectivity index (χ1) is 14.1. The minimum absolute atomic E-state index is 0.00520. The predicted octanol–water partition coefficient (Wildman–Crippen LogP) is 3.06. The molecule has 1 aliphatic heterocycles. The van der Waals surface area contributed by atoms with Gasteiger partial charge in [-0.05, 0) is 31.0 Å². The van der Waals surface area contributed by atoms with Crippen molar-refractivity contribution in [3.63, 3.8) is 0 Å². The Labute approximate surface area is 172 Å². The van der Waals surface area contributed by atoms with Gasteiger partial charge in [-0.3, -0.25) is 4.79 Å². The Morgan fingerprint density at radius 3 is 2.45 bits per heavy atom. The summed E-state index contributed by atoms with van der Waals surface area (Å²) in [5, 5.41) is 3.15. The molecule has 2 aliphatic rings. The molecule has 1 aromatic rings. The maximum absolute atomic E-state index is 12.9. The molecule has 0 atom stereocenters. The lowest BCUT2D eigenvalue weighted by Crippen LogP contribution is -2.54. The normalized spacial score (nSPS) is 17.6. The first kappa shape index (κ1) is 21.0. The van der Waals surface area contributed by atoms with Crippen molar-refractivity contribution in [2.75, 3.05) is 39.9 Å². The fourth-order valence-corrected chi connectivity index (χ4v) is 3.88. The highest BCUT2D eigenvalue weighted by Gasteiger charge is 2.27. The number of carbonyl (C=O) groups excluding carboxylic acids is 2. The van der Waals surface area contributed by atoms with E-state index in [0.29, 0.717) is 55.9 Å². The fraction of sp³-hybridized carbons (Fsp3) is 0.545. The van der Waals surface area contributed by atoms with Crippen LogP contribution in [0.25, 0.3) is 0 Å². The Kier molecular flexibility index (Phi) is 7.38. The average molecular weight is 402 g/mol. The summed E-state index contributed by atoms with van der Waals surface area (Å²) in [6.45, 7) is 6.13. The molecule has 0 bridgehead atoms. The fourth-order valence-electron chi connectivity index (χ4n) is 3.88. The molecule has 3 amide bonds. The van der Waals surface area contributed by atoms with Crippen LogP contribution in [0.1, 0.15) is 42.5 Å². The lowest BCUT2D eigenvalue weighted by Gasteiger charge is -2.36. The van der Waals surface area contributed by atoms with E-state index in [4.69, 9.17) is 9.47 Å². The van der Waals surface area contributed by atoms with Crippen LogP contribution in [0.5, 0.6) is 11.5 Å². The summed E-state index contributed by atoms with van der Waals surface area (Å²) in [7, 11) is 1.55. The van der Waals surface area contributed by atoms with Gasteiger partial charge in [-0.2, -0.15) is 0 Å². The molecule has 1 aliphatic carbocycles. The van der Waals surface area contributed by atoms with E-state index in [1.807, 2.05) is 4.90 Å². The molecule has 0 spiro atoms. The molecular weight excluding hydrogens is 370 g/mol.